The molecule has 0 spiro atoms. The molecule has 0 bridgehead atoms. The SMILES string of the molecule is c1ccc(-c2ccc(N(c3ccc(-c4ccccc4)cc3)c3ccc4c([nH]c5ccc6ccccc6c54)c3-c3ccccc3)cc2)cc1. The van der Waals surface area contributed by atoms with Gasteiger partial charge in [-0.05, 0) is 75.0 Å². The van der Waals surface area contributed by atoms with E-state index in [1.165, 1.54) is 54.9 Å². The highest BCUT2D eigenvalue weighted by Gasteiger charge is 2.22. The van der Waals surface area contributed by atoms with E-state index in [1.807, 2.05) is 0 Å². The number of hydrogen-bond donors (Lipinski definition) is 1. The Hall–Kier alpha value is -6.38. The van der Waals surface area contributed by atoms with Gasteiger partial charge in [0, 0.05) is 33.2 Å². The molecular weight excluding hydrogens is 581 g/mol. The number of rotatable bonds is 6. The average molecular weight is 613 g/mol. The first kappa shape index (κ1) is 27.9. The zero-order valence-electron chi connectivity index (χ0n) is 26.3. The molecule has 9 rings (SSSR count). The fourth-order valence-corrected chi connectivity index (χ4v) is 7.11. The number of aromatic amines is 1. The van der Waals surface area contributed by atoms with E-state index in [4.69, 9.17) is 0 Å². The first-order valence-corrected chi connectivity index (χ1v) is 16.4. The van der Waals surface area contributed by atoms with E-state index in [0.717, 1.165) is 28.1 Å². The molecule has 2 heteroatoms. The highest BCUT2D eigenvalue weighted by atomic mass is 15.1. The maximum Gasteiger partial charge on any atom is 0.0566 e. The summed E-state index contributed by atoms with van der Waals surface area (Å²) < 4.78 is 0. The molecule has 1 heterocycles. The monoisotopic (exact) mass is 612 g/mol. The Morgan fingerprint density at radius 3 is 1.44 bits per heavy atom. The lowest BCUT2D eigenvalue weighted by Crippen LogP contribution is -2.11. The Morgan fingerprint density at radius 1 is 0.354 bits per heavy atom. The second-order valence-corrected chi connectivity index (χ2v) is 12.2. The molecule has 1 aromatic heterocycles. The maximum atomic E-state index is 3.87. The van der Waals surface area contributed by atoms with E-state index in [2.05, 4.69) is 198 Å². The Balaban J connectivity index is 1.29. The largest absolute Gasteiger partial charge is 0.354 e. The number of nitrogens with zero attached hydrogens (tertiary/aromatic N) is 1. The van der Waals surface area contributed by atoms with Crippen LogP contribution < -0.4 is 4.90 Å². The standard InChI is InChI=1S/C46H32N2/c1-4-12-32(13-5-1)34-20-25-38(26-21-34)48(39-27-22-35(23-28-39)33-14-6-2-7-15-33)43-31-29-41-45-40-19-11-10-16-36(40)24-30-42(45)47-46(41)44(43)37-17-8-3-9-18-37/h1-31,47H. The van der Waals surface area contributed by atoms with Crippen molar-refractivity contribution in [3.8, 4) is 33.4 Å². The van der Waals surface area contributed by atoms with Crippen LogP contribution in [-0.4, -0.2) is 4.98 Å². The van der Waals surface area contributed by atoms with Crippen LogP contribution in [0.3, 0.4) is 0 Å². The van der Waals surface area contributed by atoms with Gasteiger partial charge in [-0.1, -0.05) is 152 Å². The lowest BCUT2D eigenvalue weighted by Gasteiger charge is -2.28. The summed E-state index contributed by atoms with van der Waals surface area (Å²) in [5.41, 5.74) is 12.7. The van der Waals surface area contributed by atoms with E-state index in [9.17, 15) is 0 Å². The molecule has 0 atom stereocenters. The summed E-state index contributed by atoms with van der Waals surface area (Å²) in [5.74, 6) is 0. The Morgan fingerprint density at radius 2 is 0.854 bits per heavy atom. The zero-order chi connectivity index (χ0) is 31.9. The van der Waals surface area contributed by atoms with Crippen molar-refractivity contribution in [2.24, 2.45) is 0 Å². The van der Waals surface area contributed by atoms with Crippen molar-refractivity contribution in [2.45, 2.75) is 0 Å². The third kappa shape index (κ3) is 4.83. The summed E-state index contributed by atoms with van der Waals surface area (Å²) in [6, 6.07) is 67.5. The number of anilines is 3. The van der Waals surface area contributed by atoms with Gasteiger partial charge in [0.1, 0.15) is 0 Å². The molecule has 48 heavy (non-hydrogen) atoms. The first-order chi connectivity index (χ1) is 23.8. The first-order valence-electron chi connectivity index (χ1n) is 16.4. The zero-order valence-corrected chi connectivity index (χ0v) is 26.3. The van der Waals surface area contributed by atoms with E-state index in [0.29, 0.717) is 0 Å². The lowest BCUT2D eigenvalue weighted by molar-refractivity contribution is 1.29. The number of fused-ring (bicyclic) bond motifs is 5. The van der Waals surface area contributed by atoms with E-state index in [1.54, 1.807) is 0 Å². The molecular formula is C46H32N2. The number of nitrogens with one attached hydrogen (secondary N) is 1. The third-order valence-corrected chi connectivity index (χ3v) is 9.41. The third-order valence-electron chi connectivity index (χ3n) is 9.41. The van der Waals surface area contributed by atoms with Crippen LogP contribution in [-0.2, 0) is 0 Å². The molecule has 0 unspecified atom stereocenters. The molecule has 0 saturated heterocycles. The fraction of sp³-hybridized carbons (Fsp3) is 0. The number of aromatic nitrogens is 1. The normalized spacial score (nSPS) is 11.3. The van der Waals surface area contributed by atoms with Crippen LogP contribution in [0.2, 0.25) is 0 Å². The highest BCUT2D eigenvalue weighted by Crippen LogP contribution is 2.46. The Labute approximate surface area is 280 Å². The van der Waals surface area contributed by atoms with Gasteiger partial charge in [0.2, 0.25) is 0 Å². The van der Waals surface area contributed by atoms with Crippen LogP contribution in [0.1, 0.15) is 0 Å². The minimum atomic E-state index is 1.10. The molecule has 0 amide bonds. The Bertz CT molecular complexity index is 2430. The summed E-state index contributed by atoms with van der Waals surface area (Å²) in [6.45, 7) is 0. The van der Waals surface area contributed by atoms with Crippen LogP contribution in [0.5, 0.6) is 0 Å². The van der Waals surface area contributed by atoms with E-state index in [-0.39, 0.29) is 0 Å². The van der Waals surface area contributed by atoms with Crippen molar-refractivity contribution < 1.29 is 0 Å². The van der Waals surface area contributed by atoms with Crippen molar-refractivity contribution in [3.05, 3.63) is 188 Å². The molecule has 8 aromatic carbocycles. The summed E-state index contributed by atoms with van der Waals surface area (Å²) >= 11 is 0. The molecule has 9 aromatic rings. The van der Waals surface area contributed by atoms with Gasteiger partial charge in [-0.15, -0.1) is 0 Å². The van der Waals surface area contributed by atoms with Gasteiger partial charge in [-0.3, -0.25) is 0 Å². The second kappa shape index (κ2) is 11.8. The minimum absolute atomic E-state index is 1.10. The molecule has 0 radical (unpaired) electrons. The quantitative estimate of drug-likeness (QED) is 0.198. The highest BCUT2D eigenvalue weighted by molar-refractivity contribution is 6.23. The van der Waals surface area contributed by atoms with Crippen molar-refractivity contribution in [1.29, 1.82) is 0 Å². The van der Waals surface area contributed by atoms with Crippen LogP contribution >= 0.6 is 0 Å². The van der Waals surface area contributed by atoms with Crippen LogP contribution in [0, 0.1) is 0 Å². The van der Waals surface area contributed by atoms with Crippen molar-refractivity contribution in [1.82, 2.24) is 4.98 Å². The second-order valence-electron chi connectivity index (χ2n) is 12.2. The van der Waals surface area contributed by atoms with Gasteiger partial charge < -0.3 is 9.88 Å². The molecule has 0 fully saturated rings. The van der Waals surface area contributed by atoms with Crippen LogP contribution in [0.4, 0.5) is 17.1 Å². The minimum Gasteiger partial charge on any atom is -0.354 e. The predicted octanol–water partition coefficient (Wildman–Crippen LogP) is 12.9. The molecule has 2 nitrogen and oxygen atoms in total. The predicted molar refractivity (Wildman–Crippen MR) is 204 cm³/mol. The van der Waals surface area contributed by atoms with Crippen molar-refractivity contribution in [3.63, 3.8) is 0 Å². The maximum absolute atomic E-state index is 3.87. The molecule has 0 aliphatic rings. The van der Waals surface area contributed by atoms with Gasteiger partial charge in [-0.25, -0.2) is 0 Å². The van der Waals surface area contributed by atoms with Gasteiger partial charge in [-0.2, -0.15) is 0 Å². The van der Waals surface area contributed by atoms with Gasteiger partial charge >= 0.3 is 0 Å². The fourth-order valence-electron chi connectivity index (χ4n) is 7.11. The topological polar surface area (TPSA) is 19.0 Å². The van der Waals surface area contributed by atoms with Crippen molar-refractivity contribution in [2.75, 3.05) is 4.90 Å². The van der Waals surface area contributed by atoms with Crippen LogP contribution in [0.15, 0.2) is 188 Å². The van der Waals surface area contributed by atoms with Crippen LogP contribution in [0.25, 0.3) is 66.0 Å². The number of H-pyrrole nitrogens is 1. The van der Waals surface area contributed by atoms with Gasteiger partial charge in [0.05, 0.1) is 11.2 Å². The lowest BCUT2D eigenvalue weighted by atomic mass is 9.96. The summed E-state index contributed by atoms with van der Waals surface area (Å²) in [5, 5.41) is 4.99. The van der Waals surface area contributed by atoms with E-state index < -0.39 is 0 Å². The Kier molecular flexibility index (Phi) is 6.84. The van der Waals surface area contributed by atoms with E-state index >= 15 is 0 Å². The number of hydrogen-bond acceptors (Lipinski definition) is 1. The smallest absolute Gasteiger partial charge is 0.0566 e. The molecule has 0 saturated carbocycles. The number of benzene rings is 8. The summed E-state index contributed by atoms with van der Waals surface area (Å²) in [7, 11) is 0. The molecule has 1 N–H and O–H groups in total. The van der Waals surface area contributed by atoms with Crippen molar-refractivity contribution >= 4 is 49.6 Å². The summed E-state index contributed by atoms with van der Waals surface area (Å²) in [4.78, 5) is 6.27. The average Bonchev–Trinajstić information content (AvgIpc) is 3.56. The van der Waals surface area contributed by atoms with Gasteiger partial charge in [0.15, 0.2) is 0 Å². The molecule has 226 valence electrons. The summed E-state index contributed by atoms with van der Waals surface area (Å²) in [6.07, 6.45) is 0. The molecule has 0 aliphatic carbocycles. The van der Waals surface area contributed by atoms with Gasteiger partial charge in [0.25, 0.3) is 0 Å². The molecule has 0 aliphatic heterocycles.